The normalized spacial score (nSPS) is 15.9. The molecule has 1 aliphatic carbocycles. The monoisotopic (exact) mass is 364 g/mol. The molecule has 1 fully saturated rings. The summed E-state index contributed by atoms with van der Waals surface area (Å²) < 4.78 is 5.35. The predicted molar refractivity (Wildman–Crippen MR) is 94.5 cm³/mol. The summed E-state index contributed by atoms with van der Waals surface area (Å²) in [6.45, 7) is 0. The number of nitrogens with two attached hydrogens (primary N) is 1. The van der Waals surface area contributed by atoms with E-state index >= 15 is 0 Å². The van der Waals surface area contributed by atoms with Crippen molar-refractivity contribution in [2.75, 3.05) is 5.32 Å². The molecule has 0 radical (unpaired) electrons. The van der Waals surface area contributed by atoms with Crippen LogP contribution in [0.2, 0.25) is 0 Å². The average molecular weight is 365 g/mol. The van der Waals surface area contributed by atoms with Crippen LogP contribution >= 0.6 is 23.7 Å². The van der Waals surface area contributed by atoms with E-state index in [0.717, 1.165) is 36.6 Å². The maximum Gasteiger partial charge on any atom is 0.277 e. The molecule has 0 saturated heterocycles. The fourth-order valence-electron chi connectivity index (χ4n) is 2.73. The van der Waals surface area contributed by atoms with Crippen LogP contribution in [-0.2, 0) is 5.54 Å². The molecule has 0 unspecified atom stereocenters. The quantitative estimate of drug-likeness (QED) is 0.730. The number of pyridine rings is 1. The molecule has 4 rings (SSSR count). The van der Waals surface area contributed by atoms with Gasteiger partial charge in [0.05, 0.1) is 5.54 Å². The fraction of sp³-hybridized carbons (Fsp3) is 0.333. The lowest BCUT2D eigenvalue weighted by Gasteiger charge is -2.17. The fourth-order valence-corrected chi connectivity index (χ4v) is 3.43. The molecule has 0 aliphatic heterocycles. The van der Waals surface area contributed by atoms with Crippen molar-refractivity contribution in [1.82, 2.24) is 20.1 Å². The van der Waals surface area contributed by atoms with Crippen LogP contribution in [0, 0.1) is 0 Å². The van der Waals surface area contributed by atoms with Gasteiger partial charge in [-0.3, -0.25) is 0 Å². The Kier molecular flexibility index (Phi) is 4.79. The highest BCUT2D eigenvalue weighted by Crippen LogP contribution is 2.35. The van der Waals surface area contributed by atoms with Gasteiger partial charge in [-0.2, -0.15) is 4.98 Å². The summed E-state index contributed by atoms with van der Waals surface area (Å²) in [5.74, 6) is 1.73. The highest BCUT2D eigenvalue weighted by atomic mass is 35.5. The van der Waals surface area contributed by atoms with Crippen molar-refractivity contribution in [3.63, 3.8) is 0 Å². The van der Waals surface area contributed by atoms with Crippen LogP contribution < -0.4 is 11.1 Å². The van der Waals surface area contributed by atoms with E-state index in [9.17, 15) is 0 Å². The van der Waals surface area contributed by atoms with Gasteiger partial charge in [0, 0.05) is 11.6 Å². The van der Waals surface area contributed by atoms with E-state index in [-0.39, 0.29) is 12.4 Å². The molecule has 1 aliphatic rings. The minimum absolute atomic E-state index is 0. The first-order valence-corrected chi connectivity index (χ1v) is 8.38. The average Bonchev–Trinajstić information content (AvgIpc) is 3.28. The van der Waals surface area contributed by atoms with E-state index in [0.29, 0.717) is 17.4 Å². The molecule has 3 aromatic heterocycles. The number of halogens is 1. The second kappa shape index (κ2) is 6.84. The zero-order valence-corrected chi connectivity index (χ0v) is 14.4. The number of nitrogens with one attached hydrogen (secondary N) is 1. The molecule has 0 bridgehead atoms. The lowest BCUT2D eigenvalue weighted by molar-refractivity contribution is 0.372. The van der Waals surface area contributed by atoms with Crippen molar-refractivity contribution in [1.29, 1.82) is 0 Å². The van der Waals surface area contributed by atoms with E-state index in [1.54, 1.807) is 6.20 Å². The summed E-state index contributed by atoms with van der Waals surface area (Å²) in [5.41, 5.74) is 6.55. The van der Waals surface area contributed by atoms with Gasteiger partial charge in [0.25, 0.3) is 5.89 Å². The topological polar surface area (TPSA) is 103 Å². The number of thiazole rings is 1. The number of rotatable bonds is 4. The largest absolute Gasteiger partial charge is 0.332 e. The van der Waals surface area contributed by atoms with Crippen LogP contribution in [0.15, 0.2) is 34.3 Å². The van der Waals surface area contributed by atoms with Crippen LogP contribution in [0.3, 0.4) is 0 Å². The number of hydrogen-bond donors (Lipinski definition) is 2. The maximum atomic E-state index is 6.36. The number of anilines is 2. The van der Waals surface area contributed by atoms with E-state index < -0.39 is 5.54 Å². The molecule has 24 heavy (non-hydrogen) atoms. The van der Waals surface area contributed by atoms with Crippen LogP contribution in [0.1, 0.15) is 31.5 Å². The van der Waals surface area contributed by atoms with Crippen molar-refractivity contribution in [2.45, 2.75) is 31.2 Å². The number of hydrogen-bond acceptors (Lipinski definition) is 8. The summed E-state index contributed by atoms with van der Waals surface area (Å²) in [5, 5.41) is 9.80. The molecular weight excluding hydrogens is 348 g/mol. The molecule has 1 saturated carbocycles. The molecule has 0 amide bonds. The maximum absolute atomic E-state index is 6.36. The minimum atomic E-state index is -0.452. The summed E-state index contributed by atoms with van der Waals surface area (Å²) in [4.78, 5) is 13.1. The zero-order valence-electron chi connectivity index (χ0n) is 12.8. The molecule has 0 aromatic carbocycles. The predicted octanol–water partition coefficient (Wildman–Crippen LogP) is 3.48. The van der Waals surface area contributed by atoms with Crippen molar-refractivity contribution in [2.24, 2.45) is 5.73 Å². The van der Waals surface area contributed by atoms with Crippen molar-refractivity contribution < 1.29 is 4.52 Å². The molecule has 3 N–H and O–H groups in total. The summed E-state index contributed by atoms with van der Waals surface area (Å²) in [6, 6.07) is 5.66. The van der Waals surface area contributed by atoms with E-state index in [1.165, 1.54) is 11.3 Å². The molecule has 0 atom stereocenters. The third kappa shape index (κ3) is 3.26. The van der Waals surface area contributed by atoms with Gasteiger partial charge in [0.15, 0.2) is 11.0 Å². The van der Waals surface area contributed by atoms with Gasteiger partial charge in [0.2, 0.25) is 0 Å². The Morgan fingerprint density at radius 2 is 2.04 bits per heavy atom. The molecule has 7 nitrogen and oxygen atoms in total. The Hall–Kier alpha value is -2.03. The van der Waals surface area contributed by atoms with Gasteiger partial charge < -0.3 is 15.6 Å². The van der Waals surface area contributed by atoms with Crippen molar-refractivity contribution in [3.8, 4) is 11.6 Å². The smallest absolute Gasteiger partial charge is 0.277 e. The molecule has 126 valence electrons. The first-order chi connectivity index (χ1) is 11.2. The Bertz CT molecular complexity index is 799. The molecule has 0 spiro atoms. The SMILES string of the molecule is Cl.NC1(c2noc(-c3csc(Nc4ccccn4)n3)n2)CCCC1. The molecule has 3 aromatic rings. The second-order valence-electron chi connectivity index (χ2n) is 5.66. The van der Waals surface area contributed by atoms with Gasteiger partial charge in [-0.05, 0) is 25.0 Å². The lowest BCUT2D eigenvalue weighted by Crippen LogP contribution is -2.34. The summed E-state index contributed by atoms with van der Waals surface area (Å²) >= 11 is 1.46. The molecule has 3 heterocycles. The van der Waals surface area contributed by atoms with Gasteiger partial charge in [-0.25, -0.2) is 9.97 Å². The lowest BCUT2D eigenvalue weighted by atomic mass is 9.99. The first-order valence-electron chi connectivity index (χ1n) is 7.50. The van der Waals surface area contributed by atoms with Crippen LogP contribution in [0.5, 0.6) is 0 Å². The molecular formula is C15H17ClN6OS. The van der Waals surface area contributed by atoms with Crippen molar-refractivity contribution in [3.05, 3.63) is 35.6 Å². The van der Waals surface area contributed by atoms with Gasteiger partial charge in [-0.15, -0.1) is 23.7 Å². The minimum Gasteiger partial charge on any atom is -0.332 e. The summed E-state index contributed by atoms with van der Waals surface area (Å²) in [6.07, 6.45) is 5.74. The van der Waals surface area contributed by atoms with Gasteiger partial charge >= 0.3 is 0 Å². The Morgan fingerprint density at radius 1 is 1.21 bits per heavy atom. The standard InChI is InChI=1S/C15H16N6OS.ClH/c16-15(6-2-3-7-15)13-20-12(22-21-13)10-9-23-14(18-10)19-11-5-1-4-8-17-11;/h1,4-5,8-9H,2-3,6-7,16H2,(H,17,18,19);1H. The Morgan fingerprint density at radius 3 is 2.79 bits per heavy atom. The highest BCUT2D eigenvalue weighted by Gasteiger charge is 2.36. The highest BCUT2D eigenvalue weighted by molar-refractivity contribution is 7.14. The zero-order chi connectivity index (χ0) is 15.7. The van der Waals surface area contributed by atoms with E-state index in [4.69, 9.17) is 10.3 Å². The van der Waals surface area contributed by atoms with Crippen molar-refractivity contribution >= 4 is 34.7 Å². The van der Waals surface area contributed by atoms with E-state index in [2.05, 4.69) is 25.4 Å². The summed E-state index contributed by atoms with van der Waals surface area (Å²) in [7, 11) is 0. The van der Waals surface area contributed by atoms with Gasteiger partial charge in [-0.1, -0.05) is 24.1 Å². The van der Waals surface area contributed by atoms with Gasteiger partial charge in [0.1, 0.15) is 11.5 Å². The van der Waals surface area contributed by atoms with Crippen LogP contribution in [0.25, 0.3) is 11.6 Å². The van der Waals surface area contributed by atoms with Crippen LogP contribution in [0.4, 0.5) is 10.9 Å². The third-order valence-electron chi connectivity index (χ3n) is 3.99. The third-order valence-corrected chi connectivity index (χ3v) is 4.75. The van der Waals surface area contributed by atoms with Crippen LogP contribution in [-0.4, -0.2) is 20.1 Å². The molecule has 9 heteroatoms. The Balaban J connectivity index is 0.00000169. The second-order valence-corrected chi connectivity index (χ2v) is 6.52. The van der Waals surface area contributed by atoms with E-state index in [1.807, 2.05) is 23.6 Å². The number of aromatic nitrogens is 4. The Labute approximate surface area is 149 Å². The first kappa shape index (κ1) is 16.8. The number of nitrogens with zero attached hydrogens (tertiary/aromatic N) is 4.